The molecule has 1 aromatic rings. The third-order valence-electron chi connectivity index (χ3n) is 2.51. The van der Waals surface area contributed by atoms with Crippen LogP contribution in [0.4, 0.5) is 0 Å². The van der Waals surface area contributed by atoms with Gasteiger partial charge in [0.25, 0.3) is 0 Å². The molecule has 2 N–H and O–H groups in total. The van der Waals surface area contributed by atoms with Crippen molar-refractivity contribution in [2.75, 3.05) is 6.61 Å². The molecule has 0 aromatic heterocycles. The maximum Gasteiger partial charge on any atom is 0.110 e. The molecule has 0 aliphatic heterocycles. The Labute approximate surface area is 85.2 Å². The van der Waals surface area contributed by atoms with Gasteiger partial charge in [0.15, 0.2) is 0 Å². The molecule has 0 aliphatic rings. The van der Waals surface area contributed by atoms with Crippen molar-refractivity contribution < 1.29 is 10.2 Å². The average Bonchev–Trinajstić information content (AvgIpc) is 2.18. The van der Waals surface area contributed by atoms with E-state index in [1.165, 1.54) is 5.56 Å². The van der Waals surface area contributed by atoms with Crippen molar-refractivity contribution in [3.8, 4) is 0 Å². The van der Waals surface area contributed by atoms with Crippen molar-refractivity contribution >= 4 is 0 Å². The van der Waals surface area contributed by atoms with Gasteiger partial charge in [0.1, 0.15) is 5.60 Å². The Morgan fingerprint density at radius 1 is 1.21 bits per heavy atom. The second kappa shape index (κ2) is 4.11. The predicted octanol–water partition coefficient (Wildman–Crippen LogP) is 2.01. The molecule has 2 heteroatoms. The van der Waals surface area contributed by atoms with E-state index in [1.807, 2.05) is 24.3 Å². The van der Waals surface area contributed by atoms with E-state index in [1.54, 1.807) is 6.92 Å². The second-order valence-electron chi connectivity index (χ2n) is 4.21. The van der Waals surface area contributed by atoms with E-state index >= 15 is 0 Å². The quantitative estimate of drug-likeness (QED) is 0.772. The van der Waals surface area contributed by atoms with Crippen LogP contribution in [0.3, 0.4) is 0 Å². The molecule has 0 heterocycles. The van der Waals surface area contributed by atoms with E-state index in [0.717, 1.165) is 5.56 Å². The van der Waals surface area contributed by atoms with Gasteiger partial charge in [-0.05, 0) is 24.0 Å². The smallest absolute Gasteiger partial charge is 0.110 e. The molecule has 1 atom stereocenters. The van der Waals surface area contributed by atoms with Gasteiger partial charge >= 0.3 is 0 Å². The van der Waals surface area contributed by atoms with Crippen LogP contribution in [-0.2, 0) is 5.60 Å². The molecule has 14 heavy (non-hydrogen) atoms. The van der Waals surface area contributed by atoms with E-state index in [9.17, 15) is 5.11 Å². The van der Waals surface area contributed by atoms with Crippen LogP contribution in [-0.4, -0.2) is 16.8 Å². The zero-order chi connectivity index (χ0) is 10.8. The Bertz CT molecular complexity index is 286. The molecule has 0 radical (unpaired) electrons. The third-order valence-corrected chi connectivity index (χ3v) is 2.51. The van der Waals surface area contributed by atoms with Gasteiger partial charge in [-0.2, -0.15) is 0 Å². The molecule has 0 spiro atoms. The molecule has 78 valence electrons. The average molecular weight is 194 g/mol. The maximum absolute atomic E-state index is 9.77. The maximum atomic E-state index is 9.77. The van der Waals surface area contributed by atoms with E-state index in [-0.39, 0.29) is 6.61 Å². The largest absolute Gasteiger partial charge is 0.393 e. The number of aliphatic hydroxyl groups excluding tert-OH is 1. The monoisotopic (exact) mass is 194 g/mol. The Morgan fingerprint density at radius 2 is 1.71 bits per heavy atom. The van der Waals surface area contributed by atoms with Crippen LogP contribution < -0.4 is 0 Å². The zero-order valence-electron chi connectivity index (χ0n) is 8.99. The summed E-state index contributed by atoms with van der Waals surface area (Å²) in [5.41, 5.74) is 0.863. The number of rotatable bonds is 3. The topological polar surface area (TPSA) is 40.5 Å². The fraction of sp³-hybridized carbons (Fsp3) is 0.500. The highest BCUT2D eigenvalue weighted by molar-refractivity contribution is 5.28. The van der Waals surface area contributed by atoms with Gasteiger partial charge in [-0.3, -0.25) is 0 Å². The van der Waals surface area contributed by atoms with Crippen molar-refractivity contribution in [3.63, 3.8) is 0 Å². The first-order valence-corrected chi connectivity index (χ1v) is 4.91. The molecule has 0 unspecified atom stereocenters. The summed E-state index contributed by atoms with van der Waals surface area (Å²) in [5.74, 6) is 0.489. The molecule has 0 aliphatic carbocycles. The first-order chi connectivity index (χ1) is 6.47. The fourth-order valence-corrected chi connectivity index (χ4v) is 1.32. The molecule has 1 rings (SSSR count). The highest BCUT2D eigenvalue weighted by Crippen LogP contribution is 2.22. The molecule has 0 saturated carbocycles. The molecular weight excluding hydrogens is 176 g/mol. The lowest BCUT2D eigenvalue weighted by Gasteiger charge is -2.21. The number of benzene rings is 1. The Morgan fingerprint density at radius 3 is 2.07 bits per heavy atom. The SMILES string of the molecule is CC(C)c1ccc([C@](C)(O)CO)cc1. The van der Waals surface area contributed by atoms with Gasteiger partial charge in [-0.25, -0.2) is 0 Å². The van der Waals surface area contributed by atoms with Gasteiger partial charge < -0.3 is 10.2 Å². The summed E-state index contributed by atoms with van der Waals surface area (Å²) in [7, 11) is 0. The summed E-state index contributed by atoms with van der Waals surface area (Å²) in [6, 6.07) is 7.71. The number of aliphatic hydroxyl groups is 2. The van der Waals surface area contributed by atoms with Crippen molar-refractivity contribution in [1.29, 1.82) is 0 Å². The lowest BCUT2D eigenvalue weighted by Crippen LogP contribution is -2.25. The van der Waals surface area contributed by atoms with Crippen LogP contribution in [0, 0.1) is 0 Å². The lowest BCUT2D eigenvalue weighted by molar-refractivity contribution is -0.00229. The standard InChI is InChI=1S/C12H18O2/c1-9(2)10-4-6-11(7-5-10)12(3,14)8-13/h4-7,9,13-14H,8H2,1-3H3/t12-/m1/s1. The summed E-state index contributed by atoms with van der Waals surface area (Å²) >= 11 is 0. The first-order valence-electron chi connectivity index (χ1n) is 4.91. The second-order valence-corrected chi connectivity index (χ2v) is 4.21. The van der Waals surface area contributed by atoms with E-state index in [0.29, 0.717) is 5.92 Å². The van der Waals surface area contributed by atoms with Crippen LogP contribution in [0.15, 0.2) is 24.3 Å². The van der Waals surface area contributed by atoms with E-state index < -0.39 is 5.60 Å². The summed E-state index contributed by atoms with van der Waals surface area (Å²) < 4.78 is 0. The molecule has 0 saturated heterocycles. The Hall–Kier alpha value is -0.860. The van der Waals surface area contributed by atoms with E-state index in [4.69, 9.17) is 5.11 Å². The summed E-state index contributed by atoms with van der Waals surface area (Å²) in [6.07, 6.45) is 0. The van der Waals surface area contributed by atoms with Crippen LogP contribution in [0.1, 0.15) is 37.8 Å². The van der Waals surface area contributed by atoms with Gasteiger partial charge in [-0.15, -0.1) is 0 Å². The molecule has 0 fully saturated rings. The van der Waals surface area contributed by atoms with Crippen LogP contribution in [0.2, 0.25) is 0 Å². The molecule has 1 aromatic carbocycles. The summed E-state index contributed by atoms with van der Waals surface area (Å²) in [4.78, 5) is 0. The lowest BCUT2D eigenvalue weighted by atomic mass is 9.94. The van der Waals surface area contributed by atoms with Gasteiger partial charge in [-0.1, -0.05) is 38.1 Å². The zero-order valence-corrected chi connectivity index (χ0v) is 8.99. The fourth-order valence-electron chi connectivity index (χ4n) is 1.32. The van der Waals surface area contributed by atoms with Crippen LogP contribution in [0.5, 0.6) is 0 Å². The van der Waals surface area contributed by atoms with Gasteiger partial charge in [0.2, 0.25) is 0 Å². The molecule has 0 bridgehead atoms. The highest BCUT2D eigenvalue weighted by Gasteiger charge is 2.21. The molecule has 0 amide bonds. The van der Waals surface area contributed by atoms with Crippen molar-refractivity contribution in [1.82, 2.24) is 0 Å². The normalized spacial score (nSPS) is 15.6. The van der Waals surface area contributed by atoms with Crippen LogP contribution >= 0.6 is 0 Å². The Kier molecular flexibility index (Phi) is 3.29. The first kappa shape index (κ1) is 11.2. The minimum atomic E-state index is -1.13. The van der Waals surface area contributed by atoms with Crippen LogP contribution in [0.25, 0.3) is 0 Å². The van der Waals surface area contributed by atoms with Gasteiger partial charge in [0, 0.05) is 0 Å². The highest BCUT2D eigenvalue weighted by atomic mass is 16.3. The minimum absolute atomic E-state index is 0.256. The number of hydrogen-bond donors (Lipinski definition) is 2. The van der Waals surface area contributed by atoms with Crippen molar-refractivity contribution in [2.45, 2.75) is 32.3 Å². The summed E-state index contributed by atoms with van der Waals surface area (Å²) in [5, 5.41) is 18.7. The van der Waals surface area contributed by atoms with Crippen molar-refractivity contribution in [2.24, 2.45) is 0 Å². The minimum Gasteiger partial charge on any atom is -0.393 e. The number of hydrogen-bond acceptors (Lipinski definition) is 2. The van der Waals surface area contributed by atoms with Crippen molar-refractivity contribution in [3.05, 3.63) is 35.4 Å². The predicted molar refractivity (Wildman–Crippen MR) is 57.2 cm³/mol. The van der Waals surface area contributed by atoms with E-state index in [2.05, 4.69) is 13.8 Å². The Balaban J connectivity index is 2.94. The molecule has 2 nitrogen and oxygen atoms in total. The summed E-state index contributed by atoms with van der Waals surface area (Å²) in [6.45, 7) is 5.60. The third kappa shape index (κ3) is 2.34. The van der Waals surface area contributed by atoms with Gasteiger partial charge in [0.05, 0.1) is 6.61 Å². The molecular formula is C12H18O2.